The molecule has 1 saturated carbocycles. The summed E-state index contributed by atoms with van der Waals surface area (Å²) in [6, 6.07) is 0. The van der Waals surface area contributed by atoms with Gasteiger partial charge in [0.15, 0.2) is 5.65 Å². The maximum atomic E-state index is 12.9. The van der Waals surface area contributed by atoms with Gasteiger partial charge in [-0.15, -0.1) is 24.8 Å². The Morgan fingerprint density at radius 2 is 1.89 bits per heavy atom. The molecule has 2 N–H and O–H groups in total. The van der Waals surface area contributed by atoms with E-state index in [9.17, 15) is 4.79 Å². The molecule has 0 unspecified atom stereocenters. The van der Waals surface area contributed by atoms with E-state index in [1.165, 1.54) is 0 Å². The highest BCUT2D eigenvalue weighted by molar-refractivity contribution is 5.87. The van der Waals surface area contributed by atoms with E-state index in [-0.39, 0.29) is 30.7 Å². The van der Waals surface area contributed by atoms with Crippen LogP contribution in [0.4, 0.5) is 5.82 Å². The van der Waals surface area contributed by atoms with Crippen LogP contribution in [0.3, 0.4) is 0 Å². The topological polar surface area (TPSA) is 93.2 Å². The Morgan fingerprint density at radius 1 is 1.18 bits per heavy atom. The molecule has 0 radical (unpaired) electrons. The van der Waals surface area contributed by atoms with Crippen LogP contribution in [0.25, 0.3) is 11.0 Å². The third-order valence-corrected chi connectivity index (χ3v) is 5.85. The normalized spacial score (nSPS) is 22.1. The lowest BCUT2D eigenvalue weighted by Crippen LogP contribution is -2.51. The molecule has 0 bridgehead atoms. The van der Waals surface area contributed by atoms with Gasteiger partial charge in [0.05, 0.1) is 11.6 Å². The summed E-state index contributed by atoms with van der Waals surface area (Å²) in [5, 5.41) is 5.29. The van der Waals surface area contributed by atoms with Gasteiger partial charge >= 0.3 is 0 Å². The Balaban J connectivity index is 0.00000140. The molecule has 1 aliphatic heterocycles. The average molecular weight is 430 g/mol. The number of nitrogens with two attached hydrogens (primary N) is 1. The third-order valence-electron chi connectivity index (χ3n) is 5.85. The molecule has 10 heteroatoms. The van der Waals surface area contributed by atoms with Crippen molar-refractivity contribution in [2.75, 3.05) is 37.6 Å². The van der Waals surface area contributed by atoms with Crippen molar-refractivity contribution in [2.24, 2.45) is 24.6 Å². The highest BCUT2D eigenvalue weighted by Crippen LogP contribution is 2.33. The minimum atomic E-state index is 0. The second kappa shape index (κ2) is 9.24. The lowest BCUT2D eigenvalue weighted by atomic mass is 9.94. The fraction of sp³-hybridized carbons (Fsp3) is 0.667. The predicted octanol–water partition coefficient (Wildman–Crippen LogP) is 1.54. The van der Waals surface area contributed by atoms with E-state index in [1.54, 1.807) is 4.68 Å². The van der Waals surface area contributed by atoms with Crippen LogP contribution in [0.5, 0.6) is 0 Å². The molecule has 2 aromatic rings. The molecule has 2 aliphatic rings. The minimum Gasteiger partial charge on any atom is -0.352 e. The standard InChI is InChI=1S/C18H27N7O.2ClH/c1-12-21-16-15(11-20-23(16)2)17(22-12)24-6-8-25(9-7-24)18(26)14-5-3-4-13(14)10-19;;/h11,13-14H,3-10,19H2,1-2H3;2*1H/t13-,14-;;/m1../s1. The fourth-order valence-electron chi connectivity index (χ4n) is 4.37. The van der Waals surface area contributed by atoms with Gasteiger partial charge in [0.25, 0.3) is 0 Å². The monoisotopic (exact) mass is 429 g/mol. The largest absolute Gasteiger partial charge is 0.352 e. The Hall–Kier alpha value is -1.64. The molecule has 2 aromatic heterocycles. The van der Waals surface area contributed by atoms with Crippen molar-refractivity contribution < 1.29 is 4.79 Å². The summed E-state index contributed by atoms with van der Waals surface area (Å²) in [6.07, 6.45) is 5.03. The van der Waals surface area contributed by atoms with Crippen molar-refractivity contribution in [3.63, 3.8) is 0 Å². The smallest absolute Gasteiger partial charge is 0.226 e. The molecule has 0 spiro atoms. The Morgan fingerprint density at radius 3 is 2.57 bits per heavy atom. The van der Waals surface area contributed by atoms with Gasteiger partial charge < -0.3 is 15.5 Å². The van der Waals surface area contributed by atoms with Crippen LogP contribution in [0.2, 0.25) is 0 Å². The van der Waals surface area contributed by atoms with Gasteiger partial charge in [0.1, 0.15) is 11.6 Å². The fourth-order valence-corrected chi connectivity index (χ4v) is 4.37. The first-order valence-electron chi connectivity index (χ1n) is 9.48. The number of piperazine rings is 1. The lowest BCUT2D eigenvalue weighted by molar-refractivity contribution is -0.136. The van der Waals surface area contributed by atoms with E-state index in [4.69, 9.17) is 5.73 Å². The summed E-state index contributed by atoms with van der Waals surface area (Å²) in [4.78, 5) is 26.3. The number of halogens is 2. The highest BCUT2D eigenvalue weighted by Gasteiger charge is 2.36. The van der Waals surface area contributed by atoms with Crippen molar-refractivity contribution in [3.8, 4) is 0 Å². The van der Waals surface area contributed by atoms with Crippen molar-refractivity contribution >= 4 is 47.6 Å². The Labute approximate surface area is 177 Å². The predicted molar refractivity (Wildman–Crippen MR) is 114 cm³/mol. The van der Waals surface area contributed by atoms with Gasteiger partial charge in [-0.2, -0.15) is 5.10 Å². The molecular weight excluding hydrogens is 401 g/mol. The second-order valence-corrected chi connectivity index (χ2v) is 7.45. The van der Waals surface area contributed by atoms with Gasteiger partial charge in [-0.25, -0.2) is 9.97 Å². The maximum absolute atomic E-state index is 12.9. The third kappa shape index (κ3) is 4.04. The number of hydrogen-bond acceptors (Lipinski definition) is 6. The van der Waals surface area contributed by atoms with Gasteiger partial charge in [-0.05, 0) is 32.2 Å². The molecule has 156 valence electrons. The van der Waals surface area contributed by atoms with Crippen LogP contribution in [0, 0.1) is 18.8 Å². The van der Waals surface area contributed by atoms with Gasteiger partial charge in [0, 0.05) is 39.1 Å². The van der Waals surface area contributed by atoms with Crippen LogP contribution in [-0.2, 0) is 11.8 Å². The molecule has 8 nitrogen and oxygen atoms in total. The van der Waals surface area contributed by atoms with Crippen molar-refractivity contribution in [1.29, 1.82) is 0 Å². The molecule has 0 aromatic carbocycles. The summed E-state index contributed by atoms with van der Waals surface area (Å²) in [7, 11) is 1.89. The second-order valence-electron chi connectivity index (χ2n) is 7.45. The quantitative estimate of drug-likeness (QED) is 0.794. The minimum absolute atomic E-state index is 0. The highest BCUT2D eigenvalue weighted by atomic mass is 35.5. The number of anilines is 1. The Bertz CT molecular complexity index is 820. The van der Waals surface area contributed by atoms with Crippen LogP contribution in [-0.4, -0.2) is 63.3 Å². The molecular formula is C18H29Cl2N7O. The number of rotatable bonds is 3. The molecule has 2 atom stereocenters. The maximum Gasteiger partial charge on any atom is 0.226 e. The summed E-state index contributed by atoms with van der Waals surface area (Å²) < 4.78 is 1.78. The summed E-state index contributed by atoms with van der Waals surface area (Å²) in [5.74, 6) is 2.45. The van der Waals surface area contributed by atoms with Gasteiger partial charge in [0.2, 0.25) is 5.91 Å². The first-order chi connectivity index (χ1) is 12.6. The number of nitrogens with zero attached hydrogens (tertiary/aromatic N) is 6. The molecule has 28 heavy (non-hydrogen) atoms. The van der Waals surface area contributed by atoms with Crippen molar-refractivity contribution in [1.82, 2.24) is 24.6 Å². The molecule has 1 amide bonds. The number of aryl methyl sites for hydroxylation is 2. The first kappa shape index (κ1) is 22.6. The Kier molecular flexibility index (Phi) is 7.47. The average Bonchev–Trinajstić information content (AvgIpc) is 3.28. The number of amides is 1. The molecule has 1 saturated heterocycles. The van der Waals surface area contributed by atoms with E-state index >= 15 is 0 Å². The lowest BCUT2D eigenvalue weighted by Gasteiger charge is -2.37. The van der Waals surface area contributed by atoms with E-state index in [0.717, 1.165) is 68.1 Å². The number of hydrogen-bond donors (Lipinski definition) is 1. The zero-order valence-electron chi connectivity index (χ0n) is 16.4. The molecule has 3 heterocycles. The van der Waals surface area contributed by atoms with E-state index in [2.05, 4.69) is 20.0 Å². The SMILES string of the molecule is Cc1nc(N2CCN(C(=O)[C@@H]3CCC[C@@H]3CN)CC2)c2cnn(C)c2n1.Cl.Cl. The number of carbonyl (C=O) groups is 1. The molecule has 1 aliphatic carbocycles. The number of fused-ring (bicyclic) bond motifs is 1. The van der Waals surface area contributed by atoms with Crippen LogP contribution >= 0.6 is 24.8 Å². The zero-order chi connectivity index (χ0) is 18.3. The van der Waals surface area contributed by atoms with Crippen molar-refractivity contribution in [2.45, 2.75) is 26.2 Å². The van der Waals surface area contributed by atoms with Gasteiger partial charge in [-0.3, -0.25) is 9.48 Å². The van der Waals surface area contributed by atoms with E-state index in [1.807, 2.05) is 25.1 Å². The van der Waals surface area contributed by atoms with Crippen LogP contribution < -0.4 is 10.6 Å². The zero-order valence-corrected chi connectivity index (χ0v) is 18.0. The summed E-state index contributed by atoms with van der Waals surface area (Å²) in [5.41, 5.74) is 6.71. The first-order valence-corrected chi connectivity index (χ1v) is 9.48. The van der Waals surface area contributed by atoms with Crippen molar-refractivity contribution in [3.05, 3.63) is 12.0 Å². The van der Waals surface area contributed by atoms with E-state index in [0.29, 0.717) is 18.4 Å². The van der Waals surface area contributed by atoms with Crippen LogP contribution in [0.15, 0.2) is 6.20 Å². The number of aromatic nitrogens is 4. The van der Waals surface area contributed by atoms with E-state index < -0.39 is 0 Å². The summed E-state index contributed by atoms with van der Waals surface area (Å²) in [6.45, 7) is 5.56. The number of carbonyl (C=O) groups excluding carboxylic acids is 1. The summed E-state index contributed by atoms with van der Waals surface area (Å²) >= 11 is 0. The van der Waals surface area contributed by atoms with Crippen LogP contribution in [0.1, 0.15) is 25.1 Å². The van der Waals surface area contributed by atoms with Gasteiger partial charge in [-0.1, -0.05) is 6.42 Å². The molecule has 4 rings (SSSR count). The molecule has 2 fully saturated rings.